The number of ether oxygens (including phenoxy) is 1. The van der Waals surface area contributed by atoms with E-state index in [1.165, 1.54) is 10.3 Å². The van der Waals surface area contributed by atoms with E-state index in [1.807, 2.05) is 98.9 Å². The summed E-state index contributed by atoms with van der Waals surface area (Å²) in [5.41, 5.74) is 4.77. The van der Waals surface area contributed by atoms with Crippen LogP contribution in [-0.4, -0.2) is 32.5 Å². The van der Waals surface area contributed by atoms with Gasteiger partial charge in [0.1, 0.15) is 24.0 Å². The van der Waals surface area contributed by atoms with Gasteiger partial charge in [-0.05, 0) is 84.7 Å². The van der Waals surface area contributed by atoms with Crippen molar-refractivity contribution in [1.82, 2.24) is 14.7 Å². The van der Waals surface area contributed by atoms with E-state index in [0.717, 1.165) is 28.0 Å². The molecule has 0 bridgehead atoms. The number of nitriles is 1. The second kappa shape index (κ2) is 12.5. The summed E-state index contributed by atoms with van der Waals surface area (Å²) in [4.78, 5) is 28.0. The standard InChI is InChI=1S/C38H32N4O3/c1-4-25(2)42-37(43)34(26(3)35(22-39)38(42)44)21-30-23-41(31-14-6-5-7-15-31)40-36(30)28-17-19-32(20-18-28)45-24-29-13-10-12-27-11-8-9-16-33(27)29/h5-21,23,25H,4,24H2,1-3H3/b34-21+. The second-order valence-electron chi connectivity index (χ2n) is 11.1. The largest absolute Gasteiger partial charge is 0.489 e. The zero-order chi connectivity index (χ0) is 31.5. The zero-order valence-electron chi connectivity index (χ0n) is 25.4. The highest BCUT2D eigenvalue weighted by Gasteiger charge is 2.37. The highest BCUT2D eigenvalue weighted by molar-refractivity contribution is 6.20. The van der Waals surface area contributed by atoms with Crippen LogP contribution in [0.25, 0.3) is 33.8 Å². The lowest BCUT2D eigenvalue weighted by Gasteiger charge is -2.31. The van der Waals surface area contributed by atoms with E-state index in [9.17, 15) is 14.9 Å². The molecule has 0 N–H and O–H groups in total. The van der Waals surface area contributed by atoms with E-state index in [2.05, 4.69) is 24.3 Å². The topological polar surface area (TPSA) is 88.2 Å². The van der Waals surface area contributed by atoms with Gasteiger partial charge in [-0.25, -0.2) is 4.68 Å². The Balaban J connectivity index is 1.37. The number of amides is 2. The van der Waals surface area contributed by atoms with Gasteiger partial charge in [0.05, 0.1) is 11.4 Å². The predicted molar refractivity (Wildman–Crippen MR) is 175 cm³/mol. The van der Waals surface area contributed by atoms with Crippen LogP contribution >= 0.6 is 0 Å². The van der Waals surface area contributed by atoms with Gasteiger partial charge in [-0.1, -0.05) is 67.6 Å². The lowest BCUT2D eigenvalue weighted by atomic mass is 9.92. The molecule has 45 heavy (non-hydrogen) atoms. The quantitative estimate of drug-likeness (QED) is 0.136. The van der Waals surface area contributed by atoms with Gasteiger partial charge >= 0.3 is 0 Å². The van der Waals surface area contributed by atoms with Gasteiger partial charge in [0.15, 0.2) is 0 Å². The Labute approximate surface area is 262 Å². The number of para-hydroxylation sites is 1. The minimum Gasteiger partial charge on any atom is -0.489 e. The first-order valence-electron chi connectivity index (χ1n) is 15.0. The van der Waals surface area contributed by atoms with Gasteiger partial charge in [-0.2, -0.15) is 10.4 Å². The van der Waals surface area contributed by atoms with Crippen molar-refractivity contribution in [2.75, 3.05) is 0 Å². The van der Waals surface area contributed by atoms with Gasteiger partial charge in [-0.3, -0.25) is 14.5 Å². The van der Waals surface area contributed by atoms with Gasteiger partial charge < -0.3 is 4.74 Å². The number of carbonyl (C=O) groups excluding carboxylic acids is 2. The molecule has 1 aliphatic heterocycles. The van der Waals surface area contributed by atoms with Crippen LogP contribution < -0.4 is 4.74 Å². The fraction of sp³-hybridized carbons (Fsp3) is 0.158. The Morgan fingerprint density at radius 2 is 1.62 bits per heavy atom. The minimum atomic E-state index is -0.550. The van der Waals surface area contributed by atoms with Crippen molar-refractivity contribution in [3.63, 3.8) is 0 Å². The Hall–Kier alpha value is -5.74. The van der Waals surface area contributed by atoms with Crippen LogP contribution in [0.1, 0.15) is 38.3 Å². The molecule has 0 fully saturated rings. The number of aromatic nitrogens is 2. The normalized spacial score (nSPS) is 15.1. The van der Waals surface area contributed by atoms with E-state index >= 15 is 0 Å². The smallest absolute Gasteiger partial charge is 0.271 e. The van der Waals surface area contributed by atoms with Crippen LogP contribution in [0.3, 0.4) is 0 Å². The lowest BCUT2D eigenvalue weighted by Crippen LogP contribution is -2.47. The van der Waals surface area contributed by atoms with Crippen LogP contribution in [0.5, 0.6) is 5.75 Å². The maximum Gasteiger partial charge on any atom is 0.271 e. The Kier molecular flexibility index (Phi) is 8.13. The number of imide groups is 1. The summed E-state index contributed by atoms with van der Waals surface area (Å²) in [6.07, 6.45) is 4.18. The van der Waals surface area contributed by atoms with E-state index in [-0.39, 0.29) is 11.6 Å². The van der Waals surface area contributed by atoms with Gasteiger partial charge in [-0.15, -0.1) is 0 Å². The number of hydrogen-bond acceptors (Lipinski definition) is 5. The number of nitrogens with zero attached hydrogens (tertiary/aromatic N) is 4. The summed E-state index contributed by atoms with van der Waals surface area (Å²) in [5.74, 6) is -0.246. The van der Waals surface area contributed by atoms with Crippen LogP contribution in [0.4, 0.5) is 0 Å². The minimum absolute atomic E-state index is 0.0224. The van der Waals surface area contributed by atoms with Gasteiger partial charge in [0.2, 0.25) is 0 Å². The Morgan fingerprint density at radius 1 is 0.911 bits per heavy atom. The molecule has 1 atom stereocenters. The molecule has 7 nitrogen and oxygen atoms in total. The van der Waals surface area contributed by atoms with Crippen molar-refractivity contribution in [2.24, 2.45) is 0 Å². The third-order valence-electron chi connectivity index (χ3n) is 8.27. The molecule has 7 heteroatoms. The van der Waals surface area contributed by atoms with Crippen molar-refractivity contribution in [3.8, 4) is 28.8 Å². The molecule has 2 heterocycles. The fourth-order valence-electron chi connectivity index (χ4n) is 5.56. The first kappa shape index (κ1) is 29.3. The number of fused-ring (bicyclic) bond motifs is 1. The van der Waals surface area contributed by atoms with E-state index in [0.29, 0.717) is 35.4 Å². The number of rotatable bonds is 8. The predicted octanol–water partition coefficient (Wildman–Crippen LogP) is 7.66. The Morgan fingerprint density at radius 3 is 2.36 bits per heavy atom. The molecule has 0 radical (unpaired) electrons. The van der Waals surface area contributed by atoms with Gasteiger partial charge in [0.25, 0.3) is 11.8 Å². The fourth-order valence-corrected chi connectivity index (χ4v) is 5.56. The highest BCUT2D eigenvalue weighted by atomic mass is 16.5. The van der Waals surface area contributed by atoms with Crippen molar-refractivity contribution in [3.05, 3.63) is 131 Å². The number of hydrogen-bond donors (Lipinski definition) is 0. The summed E-state index contributed by atoms with van der Waals surface area (Å²) in [6, 6.07) is 33.5. The molecule has 1 unspecified atom stereocenters. The summed E-state index contributed by atoms with van der Waals surface area (Å²) >= 11 is 0. The second-order valence-corrected chi connectivity index (χ2v) is 11.1. The highest BCUT2D eigenvalue weighted by Crippen LogP contribution is 2.33. The average Bonchev–Trinajstić information content (AvgIpc) is 3.50. The van der Waals surface area contributed by atoms with E-state index < -0.39 is 11.8 Å². The van der Waals surface area contributed by atoms with Gasteiger partial charge in [0, 0.05) is 28.9 Å². The third kappa shape index (κ3) is 5.66. The van der Waals surface area contributed by atoms with Crippen molar-refractivity contribution in [1.29, 1.82) is 5.26 Å². The molecule has 0 saturated heterocycles. The molecule has 6 rings (SSSR count). The first-order chi connectivity index (χ1) is 21.9. The number of benzene rings is 4. The molecule has 4 aromatic carbocycles. The molecular weight excluding hydrogens is 560 g/mol. The van der Waals surface area contributed by atoms with Crippen molar-refractivity contribution < 1.29 is 14.3 Å². The maximum atomic E-state index is 13.7. The third-order valence-corrected chi connectivity index (χ3v) is 8.27. The SMILES string of the molecule is CCC(C)N1C(=O)C(C#N)=C(C)/C(=C\c2cn(-c3ccccc3)nc2-c2ccc(OCc3cccc4ccccc34)cc2)C1=O. The zero-order valence-corrected chi connectivity index (χ0v) is 25.4. The molecule has 1 aliphatic rings. The lowest BCUT2D eigenvalue weighted by molar-refractivity contribution is -0.142. The van der Waals surface area contributed by atoms with Crippen LogP contribution in [0, 0.1) is 11.3 Å². The monoisotopic (exact) mass is 592 g/mol. The summed E-state index contributed by atoms with van der Waals surface area (Å²) < 4.78 is 7.93. The summed E-state index contributed by atoms with van der Waals surface area (Å²) in [7, 11) is 0. The van der Waals surface area contributed by atoms with Crippen molar-refractivity contribution >= 4 is 28.7 Å². The van der Waals surface area contributed by atoms with Crippen molar-refractivity contribution in [2.45, 2.75) is 39.8 Å². The molecular formula is C38H32N4O3. The molecule has 0 spiro atoms. The van der Waals surface area contributed by atoms with Crippen LogP contribution in [0.15, 0.2) is 120 Å². The molecule has 5 aromatic rings. The van der Waals surface area contributed by atoms with E-state index in [4.69, 9.17) is 9.84 Å². The maximum absolute atomic E-state index is 13.7. The summed E-state index contributed by atoms with van der Waals surface area (Å²) in [5, 5.41) is 17.1. The molecule has 1 aromatic heterocycles. The Bertz CT molecular complexity index is 2010. The van der Waals surface area contributed by atoms with Crippen LogP contribution in [0.2, 0.25) is 0 Å². The summed E-state index contributed by atoms with van der Waals surface area (Å²) in [6.45, 7) is 5.80. The average molecular weight is 593 g/mol. The number of carbonyl (C=O) groups is 2. The van der Waals surface area contributed by atoms with E-state index in [1.54, 1.807) is 17.7 Å². The molecule has 222 valence electrons. The first-order valence-corrected chi connectivity index (χ1v) is 15.0. The molecule has 2 amide bonds. The molecule has 0 saturated carbocycles. The molecule has 0 aliphatic carbocycles. The van der Waals surface area contributed by atoms with Crippen LogP contribution in [-0.2, 0) is 16.2 Å².